The molecule has 1 aromatic carbocycles. The molecular weight excluding hydrogens is 332 g/mol. The monoisotopic (exact) mass is 356 g/mol. The molecule has 1 aliphatic rings. The lowest BCUT2D eigenvalue weighted by atomic mass is 10.2. The topological polar surface area (TPSA) is 84.9 Å². The Morgan fingerprint density at radius 1 is 1.25 bits per heavy atom. The molecule has 2 rings (SSSR count). The molecule has 0 bridgehead atoms. The maximum atomic E-state index is 12.4. The summed E-state index contributed by atoms with van der Waals surface area (Å²) in [6, 6.07) is 4.87. The molecule has 0 saturated carbocycles. The summed E-state index contributed by atoms with van der Waals surface area (Å²) in [7, 11) is -3.60. The van der Waals surface area contributed by atoms with Crippen LogP contribution in [0.25, 0.3) is 0 Å². The number of hydrogen-bond donors (Lipinski definition) is 1. The number of carbonyl (C=O) groups is 1. The minimum atomic E-state index is -3.60. The van der Waals surface area contributed by atoms with Crippen molar-refractivity contribution in [2.75, 3.05) is 29.8 Å². The maximum absolute atomic E-state index is 12.4. The molecule has 1 aliphatic heterocycles. The molecule has 134 valence electrons. The first-order valence-electron chi connectivity index (χ1n) is 8.06. The van der Waals surface area contributed by atoms with Crippen molar-refractivity contribution >= 4 is 21.6 Å². The van der Waals surface area contributed by atoms with Gasteiger partial charge < -0.3 is 14.8 Å². The van der Waals surface area contributed by atoms with Gasteiger partial charge in [-0.3, -0.25) is 9.10 Å². The third-order valence-electron chi connectivity index (χ3n) is 3.82. The molecule has 1 aromatic rings. The largest absolute Gasteiger partial charge is 0.486 e. The van der Waals surface area contributed by atoms with Crippen molar-refractivity contribution < 1.29 is 22.7 Å². The predicted octanol–water partition coefficient (Wildman–Crippen LogP) is 1.53. The molecule has 0 fully saturated rings. The van der Waals surface area contributed by atoms with Crippen molar-refractivity contribution in [1.82, 2.24) is 5.32 Å². The van der Waals surface area contributed by atoms with Crippen molar-refractivity contribution in [3.8, 4) is 11.5 Å². The Bertz CT molecular complexity index is 690. The zero-order valence-corrected chi connectivity index (χ0v) is 15.1. The quantitative estimate of drug-likeness (QED) is 0.801. The second-order valence-corrected chi connectivity index (χ2v) is 7.79. The smallest absolute Gasteiger partial charge is 0.240 e. The third kappa shape index (κ3) is 4.31. The van der Waals surface area contributed by atoms with Gasteiger partial charge >= 0.3 is 0 Å². The first-order valence-corrected chi connectivity index (χ1v) is 9.67. The SMILES string of the molecule is CCC(C)NC(=O)CN(c1ccc2c(c1)OCCO2)S(=O)(=O)CC. The van der Waals surface area contributed by atoms with Crippen LogP contribution in [0.15, 0.2) is 18.2 Å². The number of amides is 1. The molecule has 0 saturated heterocycles. The number of fused-ring (bicyclic) bond motifs is 1. The second-order valence-electron chi connectivity index (χ2n) is 5.61. The summed E-state index contributed by atoms with van der Waals surface area (Å²) in [6.45, 7) is 5.98. The number of sulfonamides is 1. The molecule has 1 atom stereocenters. The molecule has 0 radical (unpaired) electrons. The Morgan fingerprint density at radius 2 is 1.92 bits per heavy atom. The fourth-order valence-electron chi connectivity index (χ4n) is 2.25. The lowest BCUT2D eigenvalue weighted by Gasteiger charge is -2.26. The van der Waals surface area contributed by atoms with E-state index in [1.165, 1.54) is 0 Å². The summed E-state index contributed by atoms with van der Waals surface area (Å²) in [5.74, 6) is 0.620. The first kappa shape index (κ1) is 18.4. The van der Waals surface area contributed by atoms with Crippen molar-refractivity contribution in [3.05, 3.63) is 18.2 Å². The second kappa shape index (κ2) is 7.74. The number of nitrogens with one attached hydrogen (secondary N) is 1. The van der Waals surface area contributed by atoms with E-state index in [2.05, 4.69) is 5.32 Å². The highest BCUT2D eigenvalue weighted by atomic mass is 32.2. The molecule has 8 heteroatoms. The molecule has 24 heavy (non-hydrogen) atoms. The van der Waals surface area contributed by atoms with Gasteiger partial charge in [-0.25, -0.2) is 8.42 Å². The van der Waals surface area contributed by atoms with Crippen molar-refractivity contribution in [3.63, 3.8) is 0 Å². The van der Waals surface area contributed by atoms with Gasteiger partial charge in [0.2, 0.25) is 15.9 Å². The number of nitrogens with zero attached hydrogens (tertiary/aromatic N) is 1. The average Bonchev–Trinajstić information content (AvgIpc) is 2.59. The number of anilines is 1. The minimum absolute atomic E-state index is 0.0102. The minimum Gasteiger partial charge on any atom is -0.486 e. The van der Waals surface area contributed by atoms with Gasteiger partial charge in [0.05, 0.1) is 11.4 Å². The van der Waals surface area contributed by atoms with E-state index in [0.717, 1.165) is 10.7 Å². The van der Waals surface area contributed by atoms with Crippen molar-refractivity contribution in [2.24, 2.45) is 0 Å². The summed E-state index contributed by atoms with van der Waals surface area (Å²) in [4.78, 5) is 12.2. The number of carbonyl (C=O) groups excluding carboxylic acids is 1. The van der Waals surface area contributed by atoms with E-state index < -0.39 is 10.0 Å². The third-order valence-corrected chi connectivity index (χ3v) is 5.56. The normalized spacial score (nSPS) is 14.8. The lowest BCUT2D eigenvalue weighted by molar-refractivity contribution is -0.120. The van der Waals surface area contributed by atoms with E-state index >= 15 is 0 Å². The zero-order chi connectivity index (χ0) is 17.7. The van der Waals surface area contributed by atoms with E-state index in [4.69, 9.17) is 9.47 Å². The number of hydrogen-bond acceptors (Lipinski definition) is 5. The Hall–Kier alpha value is -1.96. The Labute approximate surface area is 143 Å². The standard InChI is InChI=1S/C16H24N2O5S/c1-4-12(3)17-16(19)11-18(24(20,21)5-2)13-6-7-14-15(10-13)23-9-8-22-14/h6-7,10,12H,4-5,8-9,11H2,1-3H3,(H,17,19). The highest BCUT2D eigenvalue weighted by Gasteiger charge is 2.25. The van der Waals surface area contributed by atoms with E-state index in [9.17, 15) is 13.2 Å². The van der Waals surface area contributed by atoms with Crippen LogP contribution >= 0.6 is 0 Å². The molecule has 1 N–H and O–H groups in total. The molecule has 1 unspecified atom stereocenters. The van der Waals surface area contributed by atoms with E-state index in [1.807, 2.05) is 13.8 Å². The van der Waals surface area contributed by atoms with Gasteiger partial charge in [0, 0.05) is 12.1 Å². The van der Waals surface area contributed by atoms with Gasteiger partial charge in [0.1, 0.15) is 19.8 Å². The molecule has 0 aromatic heterocycles. The summed E-state index contributed by atoms with van der Waals surface area (Å²) in [5, 5.41) is 2.79. The maximum Gasteiger partial charge on any atom is 0.240 e. The zero-order valence-electron chi connectivity index (χ0n) is 14.2. The first-order chi connectivity index (χ1) is 11.4. The van der Waals surface area contributed by atoms with Crippen LogP contribution < -0.4 is 19.1 Å². The van der Waals surface area contributed by atoms with Gasteiger partial charge in [-0.1, -0.05) is 6.92 Å². The lowest BCUT2D eigenvalue weighted by Crippen LogP contribution is -2.44. The van der Waals surface area contributed by atoms with Gasteiger partial charge in [-0.15, -0.1) is 0 Å². The summed E-state index contributed by atoms with van der Waals surface area (Å²) in [6.07, 6.45) is 0.774. The highest BCUT2D eigenvalue weighted by Crippen LogP contribution is 2.34. The number of ether oxygens (including phenoxy) is 2. The molecule has 1 heterocycles. The molecular formula is C16H24N2O5S. The molecule has 0 spiro atoms. The predicted molar refractivity (Wildman–Crippen MR) is 92.1 cm³/mol. The van der Waals surface area contributed by atoms with Crippen molar-refractivity contribution in [2.45, 2.75) is 33.2 Å². The van der Waals surface area contributed by atoms with E-state index in [1.54, 1.807) is 25.1 Å². The molecule has 0 aliphatic carbocycles. The molecule has 1 amide bonds. The van der Waals surface area contributed by atoms with Gasteiger partial charge in [-0.05, 0) is 32.4 Å². The number of benzene rings is 1. The van der Waals surface area contributed by atoms with Crippen LogP contribution in [-0.2, 0) is 14.8 Å². The fourth-order valence-corrected chi connectivity index (χ4v) is 3.31. The van der Waals surface area contributed by atoms with Gasteiger partial charge in [-0.2, -0.15) is 0 Å². The summed E-state index contributed by atoms with van der Waals surface area (Å²) < 4.78 is 36.9. The Kier molecular flexibility index (Phi) is 5.93. The van der Waals surface area contributed by atoms with Gasteiger partial charge in [0.15, 0.2) is 11.5 Å². The van der Waals surface area contributed by atoms with Crippen LogP contribution in [0.5, 0.6) is 11.5 Å². The number of rotatable bonds is 7. The van der Waals surface area contributed by atoms with Gasteiger partial charge in [0.25, 0.3) is 0 Å². The average molecular weight is 356 g/mol. The van der Waals surface area contributed by atoms with Crippen LogP contribution in [-0.4, -0.2) is 45.9 Å². The van der Waals surface area contributed by atoms with Crippen LogP contribution in [0.3, 0.4) is 0 Å². The van der Waals surface area contributed by atoms with E-state index in [-0.39, 0.29) is 24.2 Å². The summed E-state index contributed by atoms with van der Waals surface area (Å²) >= 11 is 0. The van der Waals surface area contributed by atoms with E-state index in [0.29, 0.717) is 30.4 Å². The van der Waals surface area contributed by atoms with Crippen LogP contribution in [0.2, 0.25) is 0 Å². The highest BCUT2D eigenvalue weighted by molar-refractivity contribution is 7.92. The Balaban J connectivity index is 2.28. The van der Waals surface area contributed by atoms with Crippen LogP contribution in [0.4, 0.5) is 5.69 Å². The molecule has 7 nitrogen and oxygen atoms in total. The van der Waals surface area contributed by atoms with Crippen LogP contribution in [0.1, 0.15) is 27.2 Å². The fraction of sp³-hybridized carbons (Fsp3) is 0.562. The van der Waals surface area contributed by atoms with Crippen molar-refractivity contribution in [1.29, 1.82) is 0 Å². The van der Waals surface area contributed by atoms with Crippen LogP contribution in [0, 0.1) is 0 Å². The Morgan fingerprint density at radius 3 is 2.54 bits per heavy atom. The summed E-state index contributed by atoms with van der Waals surface area (Å²) in [5.41, 5.74) is 0.389.